The fourth-order valence-electron chi connectivity index (χ4n) is 1.50. The minimum atomic E-state index is 0.175. The quantitative estimate of drug-likeness (QED) is 0.812. The Bertz CT molecular complexity index is 503. The molecule has 0 amide bonds. The van der Waals surface area contributed by atoms with Gasteiger partial charge in [0.2, 0.25) is 17.2 Å². The van der Waals surface area contributed by atoms with Crippen LogP contribution in [0.2, 0.25) is 5.28 Å². The van der Waals surface area contributed by atoms with E-state index in [1.54, 1.807) is 6.26 Å². The van der Waals surface area contributed by atoms with Crippen LogP contribution in [-0.2, 0) is 6.42 Å². The number of furan rings is 1. The third-order valence-electron chi connectivity index (χ3n) is 2.38. The Hall–Kier alpha value is -1.82. The molecule has 0 saturated heterocycles. The average molecular weight is 282 g/mol. The zero-order valence-corrected chi connectivity index (χ0v) is 11.4. The number of halogens is 1. The van der Waals surface area contributed by atoms with E-state index in [1.165, 1.54) is 0 Å². The molecule has 0 atom stereocenters. The molecule has 0 aromatic carbocycles. The molecule has 0 aliphatic heterocycles. The summed E-state index contributed by atoms with van der Waals surface area (Å²) in [7, 11) is 0. The predicted octanol–water partition coefficient (Wildman–Crippen LogP) is 2.59. The van der Waals surface area contributed by atoms with Gasteiger partial charge in [-0.1, -0.05) is 6.92 Å². The van der Waals surface area contributed by atoms with Gasteiger partial charge in [-0.05, 0) is 30.2 Å². The van der Waals surface area contributed by atoms with Crippen LogP contribution in [0.3, 0.4) is 0 Å². The first-order chi connectivity index (χ1) is 9.28. The third-order valence-corrected chi connectivity index (χ3v) is 2.54. The maximum absolute atomic E-state index is 5.85. The topological polar surface area (TPSA) is 75.9 Å². The van der Waals surface area contributed by atoms with E-state index in [-0.39, 0.29) is 5.28 Å². The van der Waals surface area contributed by atoms with Crippen molar-refractivity contribution in [2.24, 2.45) is 0 Å². The summed E-state index contributed by atoms with van der Waals surface area (Å²) in [6.45, 7) is 3.53. The van der Waals surface area contributed by atoms with E-state index < -0.39 is 0 Å². The molecule has 2 rings (SSSR count). The Morgan fingerprint density at radius 1 is 1.16 bits per heavy atom. The zero-order valence-electron chi connectivity index (χ0n) is 10.7. The highest BCUT2D eigenvalue weighted by atomic mass is 35.5. The molecule has 2 heterocycles. The van der Waals surface area contributed by atoms with Crippen molar-refractivity contribution < 1.29 is 4.42 Å². The van der Waals surface area contributed by atoms with E-state index in [0.717, 1.165) is 25.1 Å². The fraction of sp³-hybridized carbons (Fsp3) is 0.417. The van der Waals surface area contributed by atoms with Gasteiger partial charge in [0, 0.05) is 19.5 Å². The summed E-state index contributed by atoms with van der Waals surface area (Å²) in [6.07, 6.45) is 3.40. The molecule has 0 aliphatic rings. The van der Waals surface area contributed by atoms with Crippen LogP contribution in [0.5, 0.6) is 0 Å². The van der Waals surface area contributed by atoms with E-state index in [0.29, 0.717) is 18.4 Å². The van der Waals surface area contributed by atoms with Crippen molar-refractivity contribution in [3.63, 3.8) is 0 Å². The van der Waals surface area contributed by atoms with Gasteiger partial charge >= 0.3 is 0 Å². The van der Waals surface area contributed by atoms with Gasteiger partial charge in [0.15, 0.2) is 0 Å². The number of nitrogens with one attached hydrogen (secondary N) is 2. The highest BCUT2D eigenvalue weighted by Gasteiger charge is 2.04. The summed E-state index contributed by atoms with van der Waals surface area (Å²) in [4.78, 5) is 12.3. The molecule has 0 unspecified atom stereocenters. The number of nitrogens with zero attached hydrogens (tertiary/aromatic N) is 3. The Kier molecular flexibility index (Phi) is 4.97. The second-order valence-electron chi connectivity index (χ2n) is 3.93. The van der Waals surface area contributed by atoms with Gasteiger partial charge in [-0.25, -0.2) is 0 Å². The number of aromatic nitrogens is 3. The molecule has 2 aromatic heterocycles. The second-order valence-corrected chi connectivity index (χ2v) is 4.27. The molecular formula is C12H16ClN5O. The first-order valence-electron chi connectivity index (χ1n) is 6.19. The Morgan fingerprint density at radius 3 is 2.53 bits per heavy atom. The SMILES string of the molecule is CCCNc1nc(Cl)nc(NCCc2ccco2)n1. The van der Waals surface area contributed by atoms with Crippen LogP contribution in [0.25, 0.3) is 0 Å². The highest BCUT2D eigenvalue weighted by molar-refractivity contribution is 6.28. The monoisotopic (exact) mass is 281 g/mol. The van der Waals surface area contributed by atoms with E-state index in [1.807, 2.05) is 12.1 Å². The van der Waals surface area contributed by atoms with E-state index >= 15 is 0 Å². The molecule has 0 bridgehead atoms. The van der Waals surface area contributed by atoms with Crippen molar-refractivity contribution >= 4 is 23.5 Å². The van der Waals surface area contributed by atoms with Gasteiger partial charge < -0.3 is 15.1 Å². The normalized spacial score (nSPS) is 10.4. The first kappa shape index (κ1) is 13.6. The number of anilines is 2. The van der Waals surface area contributed by atoms with Crippen molar-refractivity contribution in [3.8, 4) is 0 Å². The summed E-state index contributed by atoms with van der Waals surface area (Å²) < 4.78 is 5.24. The van der Waals surface area contributed by atoms with Crippen molar-refractivity contribution in [1.29, 1.82) is 0 Å². The van der Waals surface area contributed by atoms with Crippen LogP contribution in [0.1, 0.15) is 19.1 Å². The van der Waals surface area contributed by atoms with Gasteiger partial charge in [0.1, 0.15) is 5.76 Å². The molecule has 0 spiro atoms. The minimum absolute atomic E-state index is 0.175. The Morgan fingerprint density at radius 2 is 1.89 bits per heavy atom. The summed E-state index contributed by atoms with van der Waals surface area (Å²) in [5, 5.41) is 6.34. The van der Waals surface area contributed by atoms with Crippen LogP contribution in [0.15, 0.2) is 22.8 Å². The highest BCUT2D eigenvalue weighted by Crippen LogP contribution is 2.10. The molecule has 0 fully saturated rings. The lowest BCUT2D eigenvalue weighted by Gasteiger charge is -2.07. The van der Waals surface area contributed by atoms with Gasteiger partial charge in [-0.3, -0.25) is 0 Å². The number of hydrogen-bond donors (Lipinski definition) is 2. The molecule has 0 aliphatic carbocycles. The largest absolute Gasteiger partial charge is 0.469 e. The fourth-order valence-corrected chi connectivity index (χ4v) is 1.66. The molecular weight excluding hydrogens is 266 g/mol. The summed E-state index contributed by atoms with van der Waals surface area (Å²) >= 11 is 5.85. The lowest BCUT2D eigenvalue weighted by molar-refractivity contribution is 0.512. The summed E-state index contributed by atoms with van der Waals surface area (Å²) in [5.41, 5.74) is 0. The van der Waals surface area contributed by atoms with E-state index in [4.69, 9.17) is 16.0 Å². The zero-order chi connectivity index (χ0) is 13.5. The second kappa shape index (κ2) is 6.94. The van der Waals surface area contributed by atoms with Crippen molar-refractivity contribution in [1.82, 2.24) is 15.0 Å². The molecule has 19 heavy (non-hydrogen) atoms. The molecule has 2 aromatic rings. The van der Waals surface area contributed by atoms with Crippen molar-refractivity contribution in [3.05, 3.63) is 29.4 Å². The summed E-state index contributed by atoms with van der Waals surface area (Å²) in [5.74, 6) is 1.87. The first-order valence-corrected chi connectivity index (χ1v) is 6.57. The number of hydrogen-bond acceptors (Lipinski definition) is 6. The van der Waals surface area contributed by atoms with Crippen LogP contribution in [0, 0.1) is 0 Å². The molecule has 2 N–H and O–H groups in total. The standard InChI is InChI=1S/C12H16ClN5O/c1-2-6-14-11-16-10(13)17-12(18-11)15-7-5-9-4-3-8-19-9/h3-4,8H,2,5-7H2,1H3,(H2,14,15,16,17,18). The Balaban J connectivity index is 1.90. The summed E-state index contributed by atoms with van der Waals surface area (Å²) in [6, 6.07) is 3.79. The van der Waals surface area contributed by atoms with Gasteiger partial charge in [-0.15, -0.1) is 0 Å². The maximum atomic E-state index is 5.85. The molecule has 102 valence electrons. The van der Waals surface area contributed by atoms with Crippen LogP contribution < -0.4 is 10.6 Å². The van der Waals surface area contributed by atoms with Crippen molar-refractivity contribution in [2.75, 3.05) is 23.7 Å². The molecule has 6 nitrogen and oxygen atoms in total. The van der Waals surface area contributed by atoms with Crippen LogP contribution in [0.4, 0.5) is 11.9 Å². The minimum Gasteiger partial charge on any atom is -0.469 e. The number of rotatable bonds is 7. The smallest absolute Gasteiger partial charge is 0.228 e. The lowest BCUT2D eigenvalue weighted by Crippen LogP contribution is -2.11. The Labute approximate surface area is 116 Å². The maximum Gasteiger partial charge on any atom is 0.228 e. The van der Waals surface area contributed by atoms with E-state index in [9.17, 15) is 0 Å². The van der Waals surface area contributed by atoms with Crippen molar-refractivity contribution in [2.45, 2.75) is 19.8 Å². The van der Waals surface area contributed by atoms with Gasteiger partial charge in [-0.2, -0.15) is 15.0 Å². The lowest BCUT2D eigenvalue weighted by atomic mass is 10.3. The third kappa shape index (κ3) is 4.40. The van der Waals surface area contributed by atoms with Crippen LogP contribution in [-0.4, -0.2) is 28.0 Å². The van der Waals surface area contributed by atoms with E-state index in [2.05, 4.69) is 32.5 Å². The van der Waals surface area contributed by atoms with Crippen LogP contribution >= 0.6 is 11.6 Å². The van der Waals surface area contributed by atoms with Gasteiger partial charge in [0.05, 0.1) is 6.26 Å². The molecule has 0 saturated carbocycles. The molecule has 0 radical (unpaired) electrons. The molecule has 7 heteroatoms. The average Bonchev–Trinajstić information content (AvgIpc) is 2.89. The van der Waals surface area contributed by atoms with Gasteiger partial charge in [0.25, 0.3) is 0 Å². The predicted molar refractivity (Wildman–Crippen MR) is 74.5 cm³/mol.